The van der Waals surface area contributed by atoms with Crippen molar-refractivity contribution < 1.29 is 14.1 Å². The van der Waals surface area contributed by atoms with Gasteiger partial charge in [0.05, 0.1) is 18.6 Å². The Morgan fingerprint density at radius 2 is 1.96 bits per heavy atom. The third-order valence-electron chi connectivity index (χ3n) is 4.24. The molecule has 126 valence electrons. The minimum Gasteiger partial charge on any atom is -0.496 e. The number of para-hydroxylation sites is 1. The number of hydrogen-bond acceptors (Lipinski definition) is 6. The van der Waals surface area contributed by atoms with Gasteiger partial charge in [0.2, 0.25) is 11.7 Å². The Labute approximate surface area is 144 Å². The van der Waals surface area contributed by atoms with Crippen molar-refractivity contribution in [2.24, 2.45) is 0 Å². The van der Waals surface area contributed by atoms with Crippen LogP contribution < -0.4 is 4.74 Å². The molecule has 1 amide bonds. The molecule has 4 rings (SSSR count). The van der Waals surface area contributed by atoms with Crippen molar-refractivity contribution in [3.63, 3.8) is 0 Å². The summed E-state index contributed by atoms with van der Waals surface area (Å²) >= 11 is 0. The largest absolute Gasteiger partial charge is 0.496 e. The van der Waals surface area contributed by atoms with Crippen LogP contribution in [0.25, 0.3) is 11.4 Å². The molecular weight excluding hydrogens is 320 g/mol. The van der Waals surface area contributed by atoms with Gasteiger partial charge in [-0.2, -0.15) is 4.98 Å². The quantitative estimate of drug-likeness (QED) is 0.727. The third-order valence-corrected chi connectivity index (χ3v) is 4.24. The van der Waals surface area contributed by atoms with E-state index in [1.807, 2.05) is 24.3 Å². The number of nitrogens with zero attached hydrogens (tertiary/aromatic N) is 4. The van der Waals surface area contributed by atoms with Crippen LogP contribution in [0.4, 0.5) is 0 Å². The van der Waals surface area contributed by atoms with Crippen molar-refractivity contribution in [3.05, 3.63) is 60.2 Å². The highest BCUT2D eigenvalue weighted by atomic mass is 16.5. The van der Waals surface area contributed by atoms with Gasteiger partial charge in [0.15, 0.2) is 0 Å². The molecule has 1 fully saturated rings. The number of aromatic nitrogens is 3. The Bertz CT molecular complexity index is 888. The maximum Gasteiger partial charge on any atom is 0.257 e. The fraction of sp³-hybridized carbons (Fsp3) is 0.222. The van der Waals surface area contributed by atoms with E-state index >= 15 is 0 Å². The molecule has 0 spiro atoms. The minimum absolute atomic E-state index is 0.0532. The predicted molar refractivity (Wildman–Crippen MR) is 89.2 cm³/mol. The average molecular weight is 336 g/mol. The van der Waals surface area contributed by atoms with E-state index in [4.69, 9.17) is 9.26 Å². The normalized spacial score (nSPS) is 14.2. The Balaban J connectivity index is 1.44. The highest BCUT2D eigenvalue weighted by molar-refractivity contribution is 5.97. The number of carbonyl (C=O) groups excluding carboxylic acids is 1. The summed E-state index contributed by atoms with van der Waals surface area (Å²) in [6, 6.07) is 10.9. The Morgan fingerprint density at radius 3 is 2.72 bits per heavy atom. The van der Waals surface area contributed by atoms with Crippen LogP contribution in [0.5, 0.6) is 5.75 Å². The molecule has 1 saturated heterocycles. The topological polar surface area (TPSA) is 81.4 Å². The van der Waals surface area contributed by atoms with Gasteiger partial charge >= 0.3 is 0 Å². The van der Waals surface area contributed by atoms with Crippen LogP contribution in [0.1, 0.15) is 22.2 Å². The van der Waals surface area contributed by atoms with Crippen LogP contribution in [-0.2, 0) is 0 Å². The first-order valence-electron chi connectivity index (χ1n) is 7.92. The molecule has 0 atom stereocenters. The van der Waals surface area contributed by atoms with Crippen molar-refractivity contribution in [2.75, 3.05) is 20.2 Å². The van der Waals surface area contributed by atoms with E-state index in [1.54, 1.807) is 36.5 Å². The summed E-state index contributed by atoms with van der Waals surface area (Å²) in [5.41, 5.74) is 1.41. The molecule has 7 nitrogen and oxygen atoms in total. The number of amides is 1. The maximum atomic E-state index is 12.6. The van der Waals surface area contributed by atoms with Crippen LogP contribution >= 0.6 is 0 Å². The number of likely N-dealkylation sites (tertiary alicyclic amines) is 1. The SMILES string of the molecule is COc1ccccc1C(=O)N1CC(c2nc(-c3ccncc3)no2)C1. The van der Waals surface area contributed by atoms with Gasteiger partial charge in [0, 0.05) is 31.0 Å². The number of rotatable bonds is 4. The van der Waals surface area contributed by atoms with Gasteiger partial charge in [-0.15, -0.1) is 0 Å². The number of carbonyl (C=O) groups is 1. The summed E-state index contributed by atoms with van der Waals surface area (Å²) in [6.07, 6.45) is 3.37. The number of ether oxygens (including phenoxy) is 1. The monoisotopic (exact) mass is 336 g/mol. The number of benzene rings is 1. The van der Waals surface area contributed by atoms with Crippen molar-refractivity contribution in [2.45, 2.75) is 5.92 Å². The van der Waals surface area contributed by atoms with Gasteiger partial charge in [0.25, 0.3) is 5.91 Å². The average Bonchev–Trinajstić information content (AvgIpc) is 3.10. The lowest BCUT2D eigenvalue weighted by Gasteiger charge is -2.37. The Hall–Kier alpha value is -3.22. The van der Waals surface area contributed by atoms with E-state index in [-0.39, 0.29) is 11.8 Å². The van der Waals surface area contributed by atoms with Crippen LogP contribution in [0, 0.1) is 0 Å². The van der Waals surface area contributed by atoms with Gasteiger partial charge in [0.1, 0.15) is 5.75 Å². The molecule has 3 heterocycles. The zero-order chi connectivity index (χ0) is 17.2. The van der Waals surface area contributed by atoms with Crippen molar-refractivity contribution in [1.29, 1.82) is 0 Å². The van der Waals surface area contributed by atoms with Crippen LogP contribution in [-0.4, -0.2) is 46.1 Å². The molecule has 0 saturated carbocycles. The lowest BCUT2D eigenvalue weighted by Crippen LogP contribution is -2.48. The second-order valence-electron chi connectivity index (χ2n) is 5.80. The molecule has 1 aliphatic heterocycles. The molecule has 0 N–H and O–H groups in total. The molecule has 1 aromatic carbocycles. The molecule has 3 aromatic rings. The van der Waals surface area contributed by atoms with E-state index in [9.17, 15) is 4.79 Å². The molecule has 7 heteroatoms. The molecule has 0 radical (unpaired) electrons. The number of methoxy groups -OCH3 is 1. The number of pyridine rings is 1. The van der Waals surface area contributed by atoms with Crippen molar-refractivity contribution in [1.82, 2.24) is 20.0 Å². The van der Waals surface area contributed by atoms with Gasteiger partial charge in [-0.05, 0) is 24.3 Å². The second-order valence-corrected chi connectivity index (χ2v) is 5.80. The van der Waals surface area contributed by atoms with E-state index < -0.39 is 0 Å². The third kappa shape index (κ3) is 2.84. The summed E-state index contributed by atoms with van der Waals surface area (Å²) in [4.78, 5) is 22.7. The summed E-state index contributed by atoms with van der Waals surface area (Å²) in [6.45, 7) is 1.10. The second kappa shape index (κ2) is 6.35. The van der Waals surface area contributed by atoms with Crippen LogP contribution in [0.2, 0.25) is 0 Å². The molecule has 0 unspecified atom stereocenters. The van der Waals surface area contributed by atoms with Gasteiger partial charge in [-0.1, -0.05) is 17.3 Å². The lowest BCUT2D eigenvalue weighted by molar-refractivity contribution is 0.0566. The molecule has 2 aromatic heterocycles. The first-order valence-corrected chi connectivity index (χ1v) is 7.92. The van der Waals surface area contributed by atoms with Gasteiger partial charge < -0.3 is 14.2 Å². The fourth-order valence-corrected chi connectivity index (χ4v) is 2.81. The van der Waals surface area contributed by atoms with Crippen molar-refractivity contribution in [3.8, 4) is 17.1 Å². The molecule has 0 bridgehead atoms. The van der Waals surface area contributed by atoms with Crippen molar-refractivity contribution >= 4 is 5.91 Å². The highest BCUT2D eigenvalue weighted by Crippen LogP contribution is 2.30. The van der Waals surface area contributed by atoms with Crippen LogP contribution in [0.3, 0.4) is 0 Å². The molecule has 0 aliphatic carbocycles. The van der Waals surface area contributed by atoms with E-state index in [1.165, 1.54) is 0 Å². The van der Waals surface area contributed by atoms with Gasteiger partial charge in [-0.25, -0.2) is 0 Å². The van der Waals surface area contributed by atoms with Gasteiger partial charge in [-0.3, -0.25) is 9.78 Å². The molecule has 25 heavy (non-hydrogen) atoms. The number of hydrogen-bond donors (Lipinski definition) is 0. The lowest BCUT2D eigenvalue weighted by atomic mass is 9.98. The summed E-state index contributed by atoms with van der Waals surface area (Å²) in [7, 11) is 1.56. The maximum absolute atomic E-state index is 12.6. The first-order chi connectivity index (χ1) is 12.3. The zero-order valence-corrected chi connectivity index (χ0v) is 13.6. The molecular formula is C18H16N4O3. The summed E-state index contributed by atoms with van der Waals surface area (Å²) in [5.74, 6) is 1.67. The zero-order valence-electron chi connectivity index (χ0n) is 13.6. The Morgan fingerprint density at radius 1 is 1.20 bits per heavy atom. The van der Waals surface area contributed by atoms with E-state index in [0.29, 0.717) is 36.1 Å². The van der Waals surface area contributed by atoms with E-state index in [0.717, 1.165) is 5.56 Å². The van der Waals surface area contributed by atoms with E-state index in [2.05, 4.69) is 15.1 Å². The fourth-order valence-electron chi connectivity index (χ4n) is 2.81. The van der Waals surface area contributed by atoms with Crippen LogP contribution in [0.15, 0.2) is 53.3 Å². The standard InChI is InChI=1S/C18H16N4O3/c1-24-15-5-3-2-4-14(15)18(23)22-10-13(11-22)17-20-16(21-25-17)12-6-8-19-9-7-12/h2-9,13H,10-11H2,1H3. The summed E-state index contributed by atoms with van der Waals surface area (Å²) in [5, 5.41) is 4.01. The summed E-state index contributed by atoms with van der Waals surface area (Å²) < 4.78 is 10.6. The predicted octanol–water partition coefficient (Wildman–Crippen LogP) is 2.38. The smallest absolute Gasteiger partial charge is 0.257 e. The molecule has 1 aliphatic rings. The highest BCUT2D eigenvalue weighted by Gasteiger charge is 2.36. The minimum atomic E-state index is -0.0532. The Kier molecular flexibility index (Phi) is 3.89. The first kappa shape index (κ1) is 15.3.